The van der Waals surface area contributed by atoms with Crippen LogP contribution in [-0.2, 0) is 22.8 Å². The number of Topliss-reactive ketones (excluding diaryl/α,β-unsaturated/α-hetero) is 1. The van der Waals surface area contributed by atoms with Crippen molar-refractivity contribution in [2.45, 2.75) is 39.5 Å². The molecular formula is C39H41ClN2O6. The molecular weight excluding hydrogens is 628 g/mol. The number of ketones is 1. The third kappa shape index (κ3) is 8.19. The van der Waals surface area contributed by atoms with Gasteiger partial charge >= 0.3 is 0 Å². The molecule has 1 aliphatic heterocycles. The molecule has 1 amide bonds. The molecule has 1 N–H and O–H groups in total. The number of aliphatic hydroxyl groups excluding tert-OH is 1. The number of methoxy groups -OCH3 is 1. The van der Waals surface area contributed by atoms with Gasteiger partial charge in [0.1, 0.15) is 24.7 Å². The Balaban J connectivity index is 1.44. The van der Waals surface area contributed by atoms with E-state index in [0.29, 0.717) is 59.6 Å². The summed E-state index contributed by atoms with van der Waals surface area (Å²) in [4.78, 5) is 31.0. The van der Waals surface area contributed by atoms with E-state index in [0.717, 1.165) is 30.8 Å². The molecule has 1 unspecified atom stereocenters. The minimum atomic E-state index is -0.820. The Labute approximate surface area is 287 Å². The van der Waals surface area contributed by atoms with Crippen molar-refractivity contribution in [3.8, 4) is 17.2 Å². The van der Waals surface area contributed by atoms with Crippen molar-refractivity contribution in [3.63, 3.8) is 0 Å². The molecule has 0 aromatic heterocycles. The first-order chi connectivity index (χ1) is 23.3. The number of aliphatic hydroxyl groups is 1. The van der Waals surface area contributed by atoms with Gasteiger partial charge in [-0.1, -0.05) is 74.0 Å². The molecule has 0 saturated carbocycles. The van der Waals surface area contributed by atoms with Crippen molar-refractivity contribution in [2.75, 3.05) is 33.3 Å². The summed E-state index contributed by atoms with van der Waals surface area (Å²) in [6, 6.07) is 28.5. The predicted octanol–water partition coefficient (Wildman–Crippen LogP) is 7.66. The van der Waals surface area contributed by atoms with E-state index in [1.807, 2.05) is 48.5 Å². The summed E-state index contributed by atoms with van der Waals surface area (Å²) in [5.41, 5.74) is 3.02. The van der Waals surface area contributed by atoms with Crippen LogP contribution >= 0.6 is 11.6 Å². The van der Waals surface area contributed by atoms with E-state index >= 15 is 0 Å². The van der Waals surface area contributed by atoms with Crippen LogP contribution in [0.2, 0.25) is 5.02 Å². The van der Waals surface area contributed by atoms with E-state index in [9.17, 15) is 14.7 Å². The van der Waals surface area contributed by atoms with E-state index in [-0.39, 0.29) is 11.3 Å². The molecule has 1 saturated heterocycles. The average molecular weight is 669 g/mol. The topological polar surface area (TPSA) is 88.5 Å². The predicted molar refractivity (Wildman–Crippen MR) is 187 cm³/mol. The summed E-state index contributed by atoms with van der Waals surface area (Å²) >= 11 is 5.98. The van der Waals surface area contributed by atoms with Gasteiger partial charge < -0.3 is 29.1 Å². The van der Waals surface area contributed by atoms with Crippen molar-refractivity contribution in [2.24, 2.45) is 0 Å². The minimum absolute atomic E-state index is 0.0256. The molecule has 0 spiro atoms. The number of rotatable bonds is 15. The van der Waals surface area contributed by atoms with Gasteiger partial charge in [0, 0.05) is 17.1 Å². The highest BCUT2D eigenvalue weighted by Crippen LogP contribution is 2.42. The van der Waals surface area contributed by atoms with Gasteiger partial charge in [-0.15, -0.1) is 0 Å². The highest BCUT2D eigenvalue weighted by molar-refractivity contribution is 6.46. The highest BCUT2D eigenvalue weighted by Gasteiger charge is 2.46. The van der Waals surface area contributed by atoms with Crippen molar-refractivity contribution < 1.29 is 28.9 Å². The molecule has 1 atom stereocenters. The van der Waals surface area contributed by atoms with Gasteiger partial charge in [-0.2, -0.15) is 0 Å². The Hall–Kier alpha value is -4.79. The number of hydrogen-bond acceptors (Lipinski definition) is 7. The van der Waals surface area contributed by atoms with E-state index in [2.05, 4.69) is 18.7 Å². The standard InChI is InChI=1S/C39H41ClN2O6/c1-4-41(5-2)22-9-23-42-36(30-16-21-33(34(24-30)46-3)48-26-27-10-7-6-8-11-27)35(38(44)39(42)45)37(43)29-14-19-32(20-15-29)47-25-28-12-17-31(40)18-13-28/h6-8,10-21,24,36,43H,4-5,9,22-23,25-26H2,1-3H3/b37-35+. The highest BCUT2D eigenvalue weighted by atomic mass is 35.5. The van der Waals surface area contributed by atoms with Crippen LogP contribution in [-0.4, -0.2) is 59.9 Å². The molecule has 1 fully saturated rings. The maximum Gasteiger partial charge on any atom is 0.295 e. The monoisotopic (exact) mass is 668 g/mol. The normalized spacial score (nSPS) is 15.6. The fourth-order valence-corrected chi connectivity index (χ4v) is 5.91. The van der Waals surface area contributed by atoms with Gasteiger partial charge in [0.15, 0.2) is 11.5 Å². The van der Waals surface area contributed by atoms with E-state index < -0.39 is 17.7 Å². The summed E-state index contributed by atoms with van der Waals surface area (Å²) in [7, 11) is 1.55. The van der Waals surface area contributed by atoms with Crippen LogP contribution < -0.4 is 14.2 Å². The number of ether oxygens (including phenoxy) is 3. The van der Waals surface area contributed by atoms with Gasteiger partial charge in [0.2, 0.25) is 0 Å². The molecule has 0 radical (unpaired) electrons. The Kier molecular flexibility index (Phi) is 11.8. The number of hydrogen-bond donors (Lipinski definition) is 1. The number of benzene rings is 4. The van der Waals surface area contributed by atoms with Gasteiger partial charge in [0.05, 0.1) is 18.7 Å². The average Bonchev–Trinajstić information content (AvgIpc) is 3.37. The van der Waals surface area contributed by atoms with Crippen molar-refractivity contribution in [1.82, 2.24) is 9.80 Å². The second-order valence-electron chi connectivity index (χ2n) is 11.5. The molecule has 9 heteroatoms. The van der Waals surface area contributed by atoms with E-state index in [1.54, 1.807) is 60.5 Å². The number of likely N-dealkylation sites (tertiary alicyclic amines) is 1. The Bertz CT molecular complexity index is 1720. The van der Waals surface area contributed by atoms with Crippen molar-refractivity contribution >= 4 is 29.1 Å². The van der Waals surface area contributed by atoms with Crippen LogP contribution in [0.4, 0.5) is 0 Å². The first-order valence-corrected chi connectivity index (χ1v) is 16.5. The molecule has 8 nitrogen and oxygen atoms in total. The first kappa shape index (κ1) is 34.5. The zero-order chi connectivity index (χ0) is 34.0. The van der Waals surface area contributed by atoms with Gasteiger partial charge in [-0.3, -0.25) is 9.59 Å². The lowest BCUT2D eigenvalue weighted by Gasteiger charge is -2.27. The van der Waals surface area contributed by atoms with Crippen molar-refractivity contribution in [1.29, 1.82) is 0 Å². The first-order valence-electron chi connectivity index (χ1n) is 16.2. The number of carbonyl (C=O) groups is 2. The molecule has 1 aliphatic rings. The van der Waals surface area contributed by atoms with Gasteiger partial charge in [-0.05, 0) is 91.3 Å². The lowest BCUT2D eigenvalue weighted by Crippen LogP contribution is -2.33. The van der Waals surface area contributed by atoms with Crippen LogP contribution in [0.15, 0.2) is 103 Å². The smallest absolute Gasteiger partial charge is 0.295 e. The Morgan fingerprint density at radius 3 is 2.17 bits per heavy atom. The molecule has 0 bridgehead atoms. The zero-order valence-corrected chi connectivity index (χ0v) is 28.3. The minimum Gasteiger partial charge on any atom is -0.507 e. The summed E-state index contributed by atoms with van der Waals surface area (Å²) in [6.45, 7) is 7.77. The molecule has 250 valence electrons. The molecule has 5 rings (SSSR count). The molecule has 48 heavy (non-hydrogen) atoms. The summed E-state index contributed by atoms with van der Waals surface area (Å²) in [6.07, 6.45) is 0.667. The van der Waals surface area contributed by atoms with Crippen LogP contribution in [0.25, 0.3) is 5.76 Å². The summed E-state index contributed by atoms with van der Waals surface area (Å²) in [5, 5.41) is 12.3. The largest absolute Gasteiger partial charge is 0.507 e. The van der Waals surface area contributed by atoms with E-state index in [4.69, 9.17) is 25.8 Å². The van der Waals surface area contributed by atoms with E-state index in [1.165, 1.54) is 0 Å². The third-order valence-corrected chi connectivity index (χ3v) is 8.75. The summed E-state index contributed by atoms with van der Waals surface area (Å²) in [5.74, 6) is -0.0563. The number of nitrogens with zero attached hydrogens (tertiary/aromatic N) is 2. The van der Waals surface area contributed by atoms with Crippen LogP contribution in [0.1, 0.15) is 48.6 Å². The maximum atomic E-state index is 13.6. The summed E-state index contributed by atoms with van der Waals surface area (Å²) < 4.78 is 17.7. The third-order valence-electron chi connectivity index (χ3n) is 8.49. The van der Waals surface area contributed by atoms with Crippen LogP contribution in [0.5, 0.6) is 17.2 Å². The maximum absolute atomic E-state index is 13.6. The lowest BCUT2D eigenvalue weighted by molar-refractivity contribution is -0.140. The van der Waals surface area contributed by atoms with Crippen LogP contribution in [0.3, 0.4) is 0 Å². The second kappa shape index (κ2) is 16.4. The second-order valence-corrected chi connectivity index (χ2v) is 11.9. The fourth-order valence-electron chi connectivity index (χ4n) is 5.78. The molecule has 4 aromatic carbocycles. The number of carbonyl (C=O) groups excluding carboxylic acids is 2. The molecule has 4 aromatic rings. The van der Waals surface area contributed by atoms with Gasteiger partial charge in [0.25, 0.3) is 11.7 Å². The Morgan fingerprint density at radius 1 is 0.833 bits per heavy atom. The number of halogens is 1. The lowest BCUT2D eigenvalue weighted by atomic mass is 9.95. The number of amides is 1. The fraction of sp³-hybridized carbons (Fsp3) is 0.282. The van der Waals surface area contributed by atoms with Crippen LogP contribution in [0, 0.1) is 0 Å². The molecule has 0 aliphatic carbocycles. The van der Waals surface area contributed by atoms with Gasteiger partial charge in [-0.25, -0.2) is 0 Å². The Morgan fingerprint density at radius 2 is 1.50 bits per heavy atom. The van der Waals surface area contributed by atoms with Crippen molar-refractivity contribution in [3.05, 3.63) is 130 Å². The zero-order valence-electron chi connectivity index (χ0n) is 27.5. The molecule has 1 heterocycles. The SMILES string of the molecule is CCN(CC)CCCN1C(=O)C(=O)/C(=C(/O)c2ccc(OCc3ccc(Cl)cc3)cc2)C1c1ccc(OCc2ccccc2)c(OC)c1. The quantitative estimate of drug-likeness (QED) is 0.0791.